The van der Waals surface area contributed by atoms with Crippen LogP contribution in [-0.2, 0) is 19.9 Å². The Morgan fingerprint density at radius 1 is 1.33 bits per heavy atom. The minimum atomic E-state index is -1.57. The van der Waals surface area contributed by atoms with E-state index in [2.05, 4.69) is 6.58 Å². The fourth-order valence-corrected chi connectivity index (χ4v) is 1.84. The largest absolute Gasteiger partial charge is 0.577 e. The highest BCUT2D eigenvalue weighted by atomic mass is 28.3. The lowest BCUT2D eigenvalue weighted by Crippen LogP contribution is -2.23. The van der Waals surface area contributed by atoms with Gasteiger partial charge in [0.25, 0.3) is 0 Å². The Bertz CT molecular complexity index is 310. The SMILES string of the molecule is C=Cc1cccc(CO[Si](OC)OC)c1. The van der Waals surface area contributed by atoms with E-state index in [-0.39, 0.29) is 0 Å². The van der Waals surface area contributed by atoms with E-state index in [4.69, 9.17) is 13.3 Å². The molecule has 1 radical (unpaired) electrons. The van der Waals surface area contributed by atoms with Gasteiger partial charge in [-0.1, -0.05) is 30.9 Å². The summed E-state index contributed by atoms with van der Waals surface area (Å²) in [5.74, 6) is 0. The van der Waals surface area contributed by atoms with Crippen molar-refractivity contribution in [2.45, 2.75) is 6.61 Å². The Hall–Kier alpha value is -0.943. The number of rotatable bonds is 6. The Morgan fingerprint density at radius 2 is 2.07 bits per heavy atom. The van der Waals surface area contributed by atoms with Gasteiger partial charge in [-0.3, -0.25) is 0 Å². The zero-order valence-corrected chi connectivity index (χ0v) is 10.0. The maximum Gasteiger partial charge on any atom is 0.577 e. The first-order valence-corrected chi connectivity index (χ1v) is 5.81. The molecule has 15 heavy (non-hydrogen) atoms. The molecule has 0 unspecified atom stereocenters. The monoisotopic (exact) mass is 223 g/mol. The molecule has 0 bridgehead atoms. The van der Waals surface area contributed by atoms with Gasteiger partial charge in [0.15, 0.2) is 0 Å². The molecule has 0 atom stereocenters. The highest BCUT2D eigenvalue weighted by Crippen LogP contribution is 2.08. The zero-order valence-electron chi connectivity index (χ0n) is 9.03. The van der Waals surface area contributed by atoms with E-state index < -0.39 is 9.53 Å². The van der Waals surface area contributed by atoms with E-state index in [1.54, 1.807) is 14.2 Å². The highest BCUT2D eigenvalue weighted by molar-refractivity contribution is 6.36. The fraction of sp³-hybridized carbons (Fsp3) is 0.273. The topological polar surface area (TPSA) is 27.7 Å². The van der Waals surface area contributed by atoms with Gasteiger partial charge in [-0.15, -0.1) is 0 Å². The Balaban J connectivity index is 2.53. The van der Waals surface area contributed by atoms with Crippen molar-refractivity contribution in [1.82, 2.24) is 0 Å². The van der Waals surface area contributed by atoms with Gasteiger partial charge in [0.2, 0.25) is 0 Å². The first-order valence-electron chi connectivity index (χ1n) is 4.59. The molecule has 0 amide bonds. The minimum Gasteiger partial charge on any atom is -0.375 e. The minimum absolute atomic E-state index is 0.498. The predicted molar refractivity (Wildman–Crippen MR) is 61.1 cm³/mol. The molecule has 1 aromatic carbocycles. The van der Waals surface area contributed by atoms with Gasteiger partial charge < -0.3 is 13.3 Å². The Morgan fingerprint density at radius 3 is 2.67 bits per heavy atom. The second kappa shape index (κ2) is 6.52. The molecule has 0 aromatic heterocycles. The molecule has 1 aromatic rings. The molecular formula is C11H15O3Si. The average Bonchev–Trinajstić information content (AvgIpc) is 2.31. The second-order valence-corrected chi connectivity index (χ2v) is 4.50. The van der Waals surface area contributed by atoms with E-state index in [1.807, 2.05) is 30.3 Å². The van der Waals surface area contributed by atoms with Crippen molar-refractivity contribution >= 4 is 15.6 Å². The lowest BCUT2D eigenvalue weighted by Gasteiger charge is -2.09. The van der Waals surface area contributed by atoms with Crippen molar-refractivity contribution in [2.24, 2.45) is 0 Å². The van der Waals surface area contributed by atoms with Crippen molar-refractivity contribution in [3.05, 3.63) is 42.0 Å². The van der Waals surface area contributed by atoms with Crippen LogP contribution in [0.3, 0.4) is 0 Å². The molecule has 0 saturated carbocycles. The van der Waals surface area contributed by atoms with Crippen LogP contribution in [0.15, 0.2) is 30.8 Å². The zero-order chi connectivity index (χ0) is 11.1. The van der Waals surface area contributed by atoms with Gasteiger partial charge in [-0.05, 0) is 17.2 Å². The number of hydrogen-bond donors (Lipinski definition) is 0. The molecule has 0 aliphatic rings. The van der Waals surface area contributed by atoms with Crippen LogP contribution in [0, 0.1) is 0 Å². The summed E-state index contributed by atoms with van der Waals surface area (Å²) in [5.41, 5.74) is 2.17. The predicted octanol–water partition coefficient (Wildman–Crippen LogP) is 2.12. The summed E-state index contributed by atoms with van der Waals surface area (Å²) in [6.45, 7) is 4.21. The van der Waals surface area contributed by atoms with Gasteiger partial charge >= 0.3 is 9.53 Å². The van der Waals surface area contributed by atoms with E-state index in [1.165, 1.54) is 0 Å². The summed E-state index contributed by atoms with van der Waals surface area (Å²) >= 11 is 0. The molecule has 0 saturated heterocycles. The van der Waals surface area contributed by atoms with Crippen LogP contribution in [0.2, 0.25) is 0 Å². The van der Waals surface area contributed by atoms with Crippen molar-refractivity contribution in [2.75, 3.05) is 14.2 Å². The standard InChI is InChI=1S/C11H15O3Si/c1-4-10-6-5-7-11(8-10)9-14-15(12-2)13-3/h4-8H,1,9H2,2-3H3. The summed E-state index contributed by atoms with van der Waals surface area (Å²) in [7, 11) is 1.60. The smallest absolute Gasteiger partial charge is 0.375 e. The summed E-state index contributed by atoms with van der Waals surface area (Å²) in [4.78, 5) is 0. The molecule has 1 rings (SSSR count). The van der Waals surface area contributed by atoms with E-state index >= 15 is 0 Å². The number of hydrogen-bond acceptors (Lipinski definition) is 3. The Kier molecular flexibility index (Phi) is 5.27. The molecule has 3 nitrogen and oxygen atoms in total. The lowest BCUT2D eigenvalue weighted by molar-refractivity contribution is 0.128. The van der Waals surface area contributed by atoms with Crippen LogP contribution in [0.4, 0.5) is 0 Å². The normalized spacial score (nSPS) is 10.6. The fourth-order valence-electron chi connectivity index (χ4n) is 1.15. The van der Waals surface area contributed by atoms with Gasteiger partial charge in [0.1, 0.15) is 0 Å². The first-order chi connectivity index (χ1) is 7.30. The third-order valence-corrected chi connectivity index (χ3v) is 2.92. The summed E-state index contributed by atoms with van der Waals surface area (Å²) in [6, 6.07) is 7.99. The van der Waals surface area contributed by atoms with E-state index in [0.717, 1.165) is 11.1 Å². The molecule has 4 heteroatoms. The average molecular weight is 223 g/mol. The van der Waals surface area contributed by atoms with Crippen molar-refractivity contribution in [3.8, 4) is 0 Å². The van der Waals surface area contributed by atoms with Crippen molar-refractivity contribution < 1.29 is 13.3 Å². The van der Waals surface area contributed by atoms with Crippen LogP contribution in [-0.4, -0.2) is 23.7 Å². The third-order valence-electron chi connectivity index (χ3n) is 1.88. The molecule has 0 fully saturated rings. The van der Waals surface area contributed by atoms with E-state index in [0.29, 0.717) is 6.61 Å². The van der Waals surface area contributed by atoms with Crippen molar-refractivity contribution in [3.63, 3.8) is 0 Å². The second-order valence-electron chi connectivity index (χ2n) is 2.90. The van der Waals surface area contributed by atoms with Crippen LogP contribution >= 0.6 is 0 Å². The quantitative estimate of drug-likeness (QED) is 0.691. The van der Waals surface area contributed by atoms with Crippen LogP contribution in [0.5, 0.6) is 0 Å². The summed E-state index contributed by atoms with van der Waals surface area (Å²) in [5, 5.41) is 0. The number of benzene rings is 1. The highest BCUT2D eigenvalue weighted by Gasteiger charge is 2.14. The molecule has 0 aliphatic heterocycles. The maximum atomic E-state index is 5.45. The lowest BCUT2D eigenvalue weighted by atomic mass is 10.1. The van der Waals surface area contributed by atoms with Gasteiger partial charge in [0, 0.05) is 14.2 Å². The maximum absolute atomic E-state index is 5.45. The molecule has 0 spiro atoms. The van der Waals surface area contributed by atoms with Crippen LogP contribution < -0.4 is 0 Å². The van der Waals surface area contributed by atoms with Gasteiger partial charge in [0.05, 0.1) is 6.61 Å². The van der Waals surface area contributed by atoms with Crippen LogP contribution in [0.25, 0.3) is 6.08 Å². The molecule has 81 valence electrons. The van der Waals surface area contributed by atoms with Crippen molar-refractivity contribution in [1.29, 1.82) is 0 Å². The summed E-state index contributed by atoms with van der Waals surface area (Å²) in [6.07, 6.45) is 1.81. The summed E-state index contributed by atoms with van der Waals surface area (Å²) < 4.78 is 15.5. The molecule has 0 N–H and O–H groups in total. The molecular weight excluding hydrogens is 208 g/mol. The van der Waals surface area contributed by atoms with Gasteiger partial charge in [-0.25, -0.2) is 0 Å². The van der Waals surface area contributed by atoms with Gasteiger partial charge in [-0.2, -0.15) is 0 Å². The first kappa shape index (κ1) is 12.1. The van der Waals surface area contributed by atoms with Crippen LogP contribution in [0.1, 0.15) is 11.1 Å². The van der Waals surface area contributed by atoms with E-state index in [9.17, 15) is 0 Å². The Labute approximate surface area is 92.3 Å². The third kappa shape index (κ3) is 3.97. The molecule has 0 aliphatic carbocycles. The molecule has 0 heterocycles.